The minimum atomic E-state index is -0.977. The van der Waals surface area contributed by atoms with Crippen molar-refractivity contribution in [3.8, 4) is 0 Å². The van der Waals surface area contributed by atoms with Gasteiger partial charge in [-0.2, -0.15) is 0 Å². The van der Waals surface area contributed by atoms with E-state index in [1.54, 1.807) is 4.57 Å². The molecule has 12 heavy (non-hydrogen) atoms. The molecule has 2 unspecified atom stereocenters. The molecular weight excluding hydrogens is 158 g/mol. The highest BCUT2D eigenvalue weighted by Gasteiger charge is 2.48. The van der Waals surface area contributed by atoms with Crippen molar-refractivity contribution in [3.63, 3.8) is 0 Å². The largest absolute Gasteiger partial charge is 0.475 e. The lowest BCUT2D eigenvalue weighted by Gasteiger charge is -1.98. The van der Waals surface area contributed by atoms with Crippen LogP contribution in [-0.4, -0.2) is 25.8 Å². The summed E-state index contributed by atoms with van der Waals surface area (Å²) in [5.41, 5.74) is 0. The lowest BCUT2D eigenvalue weighted by Crippen LogP contribution is -2.09. The molecule has 2 heterocycles. The second kappa shape index (κ2) is 1.68. The van der Waals surface area contributed by atoms with E-state index in [4.69, 9.17) is 5.11 Å². The van der Waals surface area contributed by atoms with Gasteiger partial charge in [0.1, 0.15) is 5.82 Å². The van der Waals surface area contributed by atoms with Crippen LogP contribution < -0.4 is 0 Å². The van der Waals surface area contributed by atoms with Crippen LogP contribution in [-0.2, 0) is 6.54 Å². The highest BCUT2D eigenvalue weighted by atomic mass is 16.4. The van der Waals surface area contributed by atoms with Gasteiger partial charge in [0, 0.05) is 12.5 Å². The van der Waals surface area contributed by atoms with Gasteiger partial charge in [0.15, 0.2) is 0 Å². The fourth-order valence-electron chi connectivity index (χ4n) is 1.93. The van der Waals surface area contributed by atoms with Crippen LogP contribution in [0.5, 0.6) is 0 Å². The van der Waals surface area contributed by atoms with Gasteiger partial charge in [-0.15, -0.1) is 10.2 Å². The summed E-state index contributed by atoms with van der Waals surface area (Å²) in [4.78, 5) is 10.6. The monoisotopic (exact) mass is 165 g/mol. The Labute approximate surface area is 68.0 Å². The number of aromatic carboxylic acids is 1. The quantitative estimate of drug-likeness (QED) is 0.640. The Bertz CT molecular complexity index is 371. The standard InChI is InChI=1S/C7H7N3O2/c11-7(12)6-9-8-5-4-1-3(4)2-10(5)6/h3-4H,1-2H2,(H,11,12). The lowest BCUT2D eigenvalue weighted by atomic mass is 10.4. The summed E-state index contributed by atoms with van der Waals surface area (Å²) in [6.45, 7) is 0.800. The number of fused-ring (bicyclic) bond motifs is 3. The maximum absolute atomic E-state index is 10.6. The molecule has 5 nitrogen and oxygen atoms in total. The summed E-state index contributed by atoms with van der Waals surface area (Å²) in [5.74, 6) is 1.14. The third kappa shape index (κ3) is 0.569. The number of carboxylic acid groups (broad SMARTS) is 1. The van der Waals surface area contributed by atoms with E-state index in [0.29, 0.717) is 11.8 Å². The zero-order chi connectivity index (χ0) is 8.29. The number of nitrogens with zero attached hydrogens (tertiary/aromatic N) is 3. The highest BCUT2D eigenvalue weighted by Crippen LogP contribution is 2.52. The van der Waals surface area contributed by atoms with Gasteiger partial charge in [0.05, 0.1) is 0 Å². The van der Waals surface area contributed by atoms with Crippen LogP contribution in [0.15, 0.2) is 0 Å². The van der Waals surface area contributed by atoms with Crippen molar-refractivity contribution in [2.75, 3.05) is 0 Å². The number of rotatable bonds is 1. The SMILES string of the molecule is O=C(O)c1nnc2n1CC1CC21. The molecule has 2 atom stereocenters. The molecule has 1 aromatic rings. The van der Waals surface area contributed by atoms with E-state index in [1.165, 1.54) is 0 Å². The van der Waals surface area contributed by atoms with Crippen LogP contribution in [0.1, 0.15) is 28.8 Å². The summed E-state index contributed by atoms with van der Waals surface area (Å²) in [6.07, 6.45) is 1.16. The second-order valence-electron chi connectivity index (χ2n) is 3.40. The van der Waals surface area contributed by atoms with Gasteiger partial charge < -0.3 is 9.67 Å². The van der Waals surface area contributed by atoms with Crippen molar-refractivity contribution in [3.05, 3.63) is 11.6 Å². The van der Waals surface area contributed by atoms with Crippen LogP contribution >= 0.6 is 0 Å². The fraction of sp³-hybridized carbons (Fsp3) is 0.571. The molecule has 5 heteroatoms. The third-order valence-corrected chi connectivity index (χ3v) is 2.64. The summed E-state index contributed by atoms with van der Waals surface area (Å²) in [5, 5.41) is 16.2. The van der Waals surface area contributed by atoms with Gasteiger partial charge in [-0.3, -0.25) is 0 Å². The molecule has 0 amide bonds. The zero-order valence-electron chi connectivity index (χ0n) is 6.27. The molecule has 2 aliphatic rings. The summed E-state index contributed by atoms with van der Waals surface area (Å²) in [7, 11) is 0. The Morgan fingerprint density at radius 1 is 1.58 bits per heavy atom. The van der Waals surface area contributed by atoms with Crippen molar-refractivity contribution in [1.82, 2.24) is 14.8 Å². The average molecular weight is 165 g/mol. The Hall–Kier alpha value is -1.39. The molecule has 1 saturated carbocycles. The number of carboxylic acids is 1. The molecule has 62 valence electrons. The van der Waals surface area contributed by atoms with Gasteiger partial charge in [-0.25, -0.2) is 4.79 Å². The molecule has 0 bridgehead atoms. The number of carbonyl (C=O) groups is 1. The highest BCUT2D eigenvalue weighted by molar-refractivity contribution is 5.83. The number of hydrogen-bond donors (Lipinski definition) is 1. The van der Waals surface area contributed by atoms with Crippen molar-refractivity contribution in [1.29, 1.82) is 0 Å². The first-order valence-electron chi connectivity index (χ1n) is 3.94. The normalized spacial score (nSPS) is 29.7. The Balaban J connectivity index is 2.14. The van der Waals surface area contributed by atoms with Crippen molar-refractivity contribution < 1.29 is 9.90 Å². The Kier molecular flexibility index (Phi) is 0.861. The second-order valence-corrected chi connectivity index (χ2v) is 3.40. The van der Waals surface area contributed by atoms with E-state index in [2.05, 4.69) is 10.2 Å². The minimum Gasteiger partial charge on any atom is -0.475 e. The van der Waals surface area contributed by atoms with Crippen LogP contribution in [0.25, 0.3) is 0 Å². The smallest absolute Gasteiger partial charge is 0.374 e. The first-order chi connectivity index (χ1) is 5.77. The molecule has 0 aromatic carbocycles. The van der Waals surface area contributed by atoms with Gasteiger partial charge in [-0.05, 0) is 12.3 Å². The van der Waals surface area contributed by atoms with E-state index in [9.17, 15) is 4.79 Å². The molecule has 3 rings (SSSR count). The molecule has 1 fully saturated rings. The van der Waals surface area contributed by atoms with Crippen molar-refractivity contribution >= 4 is 5.97 Å². The predicted molar refractivity (Wildman–Crippen MR) is 37.8 cm³/mol. The molecule has 1 aliphatic heterocycles. The van der Waals surface area contributed by atoms with E-state index < -0.39 is 5.97 Å². The molecule has 0 radical (unpaired) electrons. The summed E-state index contributed by atoms with van der Waals surface area (Å²) < 4.78 is 1.72. The van der Waals surface area contributed by atoms with Gasteiger partial charge in [0.25, 0.3) is 0 Å². The van der Waals surface area contributed by atoms with E-state index in [0.717, 1.165) is 18.8 Å². The topological polar surface area (TPSA) is 68.0 Å². The Morgan fingerprint density at radius 2 is 2.42 bits per heavy atom. The first-order valence-corrected chi connectivity index (χ1v) is 3.94. The molecule has 1 aromatic heterocycles. The predicted octanol–water partition coefficient (Wildman–Crippen LogP) is 0.0934. The third-order valence-electron chi connectivity index (χ3n) is 2.64. The average Bonchev–Trinajstić information content (AvgIpc) is 2.54. The first kappa shape index (κ1) is 6.16. The fourth-order valence-corrected chi connectivity index (χ4v) is 1.93. The van der Waals surface area contributed by atoms with Crippen molar-refractivity contribution in [2.24, 2.45) is 5.92 Å². The van der Waals surface area contributed by atoms with Gasteiger partial charge in [-0.1, -0.05) is 0 Å². The Morgan fingerprint density at radius 3 is 3.17 bits per heavy atom. The van der Waals surface area contributed by atoms with Crippen LogP contribution in [0, 0.1) is 5.92 Å². The number of hydrogen-bond acceptors (Lipinski definition) is 3. The molecule has 0 saturated heterocycles. The van der Waals surface area contributed by atoms with E-state index >= 15 is 0 Å². The maximum atomic E-state index is 10.6. The van der Waals surface area contributed by atoms with Crippen molar-refractivity contribution in [2.45, 2.75) is 18.9 Å². The van der Waals surface area contributed by atoms with Crippen LogP contribution in [0.4, 0.5) is 0 Å². The summed E-state index contributed by atoms with van der Waals surface area (Å²) in [6, 6.07) is 0. The lowest BCUT2D eigenvalue weighted by molar-refractivity contribution is 0.0677. The zero-order valence-corrected chi connectivity index (χ0v) is 6.27. The summed E-state index contributed by atoms with van der Waals surface area (Å²) >= 11 is 0. The molecule has 0 spiro atoms. The van der Waals surface area contributed by atoms with E-state index in [-0.39, 0.29) is 5.82 Å². The van der Waals surface area contributed by atoms with Crippen LogP contribution in [0.2, 0.25) is 0 Å². The molecular formula is C7H7N3O2. The van der Waals surface area contributed by atoms with Gasteiger partial charge in [0.2, 0.25) is 5.82 Å². The maximum Gasteiger partial charge on any atom is 0.374 e. The number of aromatic nitrogens is 3. The van der Waals surface area contributed by atoms with E-state index in [1.807, 2.05) is 0 Å². The molecule has 1 N–H and O–H groups in total. The molecule has 1 aliphatic carbocycles. The van der Waals surface area contributed by atoms with Gasteiger partial charge >= 0.3 is 5.97 Å². The van der Waals surface area contributed by atoms with Crippen LogP contribution in [0.3, 0.4) is 0 Å². The minimum absolute atomic E-state index is 0.0946.